The summed E-state index contributed by atoms with van der Waals surface area (Å²) in [4.78, 5) is 10.6. The standard InChI is InChI=1S/C63H40N2O2/c1-63(2)52-22-11-21-48(60(52)50-32-39-15-6-7-16-40(39)33-53(50)63)55-36-54(64-62(65-55)37-13-4-3-5-14-37)45-28-27-42-29-41(25-26-43(42)31-45)38-17-10-18-44(30-38)46-20-12-24-57-61(46)51-35-58-49(34-59(51)67-57)47-19-8-9-23-56(47)66-58/h3-36H,1-2H3. The zero-order valence-corrected chi connectivity index (χ0v) is 36.8. The second kappa shape index (κ2) is 14.2. The van der Waals surface area contributed by atoms with Crippen molar-refractivity contribution < 1.29 is 8.83 Å². The van der Waals surface area contributed by atoms with Crippen LogP contribution >= 0.6 is 0 Å². The van der Waals surface area contributed by atoms with Crippen molar-refractivity contribution in [3.8, 4) is 67.3 Å². The minimum atomic E-state index is -0.158. The molecule has 67 heavy (non-hydrogen) atoms. The van der Waals surface area contributed by atoms with Crippen molar-refractivity contribution in [1.29, 1.82) is 0 Å². The molecule has 0 atom stereocenters. The van der Waals surface area contributed by atoms with Crippen LogP contribution in [0.15, 0.2) is 215 Å². The van der Waals surface area contributed by atoms with Crippen LogP contribution in [0.5, 0.6) is 0 Å². The van der Waals surface area contributed by atoms with E-state index in [-0.39, 0.29) is 5.41 Å². The molecule has 0 radical (unpaired) electrons. The minimum Gasteiger partial charge on any atom is -0.456 e. The molecule has 0 fully saturated rings. The third-order valence-corrected chi connectivity index (χ3v) is 14.2. The van der Waals surface area contributed by atoms with Crippen molar-refractivity contribution in [3.05, 3.63) is 217 Å². The molecule has 4 nitrogen and oxygen atoms in total. The third kappa shape index (κ3) is 5.86. The highest BCUT2D eigenvalue weighted by Gasteiger charge is 2.37. The first-order chi connectivity index (χ1) is 32.9. The number of benzene rings is 10. The molecule has 0 unspecified atom stereocenters. The highest BCUT2D eigenvalue weighted by Crippen LogP contribution is 2.53. The second-order valence-electron chi connectivity index (χ2n) is 18.5. The van der Waals surface area contributed by atoms with Gasteiger partial charge in [-0.25, -0.2) is 9.97 Å². The molecule has 3 aromatic heterocycles. The number of hydrogen-bond acceptors (Lipinski definition) is 4. The summed E-state index contributed by atoms with van der Waals surface area (Å²) in [5, 5.41) is 9.10. The normalized spacial score (nSPS) is 13.0. The summed E-state index contributed by atoms with van der Waals surface area (Å²) < 4.78 is 12.8. The van der Waals surface area contributed by atoms with Crippen LogP contribution in [-0.4, -0.2) is 9.97 Å². The first-order valence-electron chi connectivity index (χ1n) is 22.9. The zero-order chi connectivity index (χ0) is 44.4. The van der Waals surface area contributed by atoms with Gasteiger partial charge in [-0.2, -0.15) is 0 Å². The van der Waals surface area contributed by atoms with Gasteiger partial charge >= 0.3 is 0 Å². The van der Waals surface area contributed by atoms with E-state index in [0.29, 0.717) is 5.82 Å². The summed E-state index contributed by atoms with van der Waals surface area (Å²) in [6, 6.07) is 73.7. The lowest BCUT2D eigenvalue weighted by molar-refractivity contribution is 0.661. The van der Waals surface area contributed by atoms with Crippen molar-refractivity contribution in [3.63, 3.8) is 0 Å². The predicted molar refractivity (Wildman–Crippen MR) is 276 cm³/mol. The molecule has 4 heteroatoms. The van der Waals surface area contributed by atoms with E-state index >= 15 is 0 Å². The smallest absolute Gasteiger partial charge is 0.160 e. The van der Waals surface area contributed by atoms with E-state index < -0.39 is 0 Å². The van der Waals surface area contributed by atoms with Crippen LogP contribution in [0.4, 0.5) is 0 Å². The fraction of sp³-hybridized carbons (Fsp3) is 0.0476. The van der Waals surface area contributed by atoms with E-state index in [1.807, 2.05) is 24.3 Å². The molecule has 0 spiro atoms. The Bertz CT molecular complexity index is 4190. The third-order valence-electron chi connectivity index (χ3n) is 14.2. The number of para-hydroxylation sites is 1. The summed E-state index contributed by atoms with van der Waals surface area (Å²) in [7, 11) is 0. The average molecular weight is 857 g/mol. The Morgan fingerprint density at radius 2 is 0.955 bits per heavy atom. The number of fused-ring (bicyclic) bond motifs is 11. The van der Waals surface area contributed by atoms with Gasteiger partial charge in [0.2, 0.25) is 0 Å². The highest BCUT2D eigenvalue weighted by atomic mass is 16.3. The minimum absolute atomic E-state index is 0.158. The van der Waals surface area contributed by atoms with E-state index in [0.717, 1.165) is 105 Å². The van der Waals surface area contributed by atoms with Crippen LogP contribution in [0.25, 0.3) is 133 Å². The molecular formula is C63H40N2O2. The SMILES string of the molecule is CC1(C)c2cc3ccccc3cc2-c2c(-c3cc(-c4ccc5cc(-c6cccc(-c7cccc8oc9cc%10c(cc9c78)oc7ccccc7%10)c6)ccc5c4)nc(-c4ccccc4)n3)cccc21. The fourth-order valence-electron chi connectivity index (χ4n) is 10.9. The summed E-state index contributed by atoms with van der Waals surface area (Å²) >= 11 is 0. The highest BCUT2D eigenvalue weighted by molar-refractivity contribution is 6.18. The Hall–Kier alpha value is -8.60. The molecule has 0 saturated heterocycles. The van der Waals surface area contributed by atoms with Crippen LogP contribution in [0.2, 0.25) is 0 Å². The summed E-state index contributed by atoms with van der Waals surface area (Å²) in [5.74, 6) is 0.707. The maximum atomic E-state index is 6.50. The Morgan fingerprint density at radius 1 is 0.343 bits per heavy atom. The monoisotopic (exact) mass is 856 g/mol. The maximum Gasteiger partial charge on any atom is 0.160 e. The van der Waals surface area contributed by atoms with Crippen molar-refractivity contribution in [2.75, 3.05) is 0 Å². The molecule has 1 aliphatic rings. The molecule has 10 aromatic carbocycles. The molecular weight excluding hydrogens is 817 g/mol. The number of rotatable bonds is 5. The van der Waals surface area contributed by atoms with Crippen LogP contribution in [0.1, 0.15) is 25.0 Å². The number of furan rings is 2. The number of nitrogens with zero attached hydrogens (tertiary/aromatic N) is 2. The Balaban J connectivity index is 0.853. The lowest BCUT2D eigenvalue weighted by Crippen LogP contribution is -2.14. The first-order valence-corrected chi connectivity index (χ1v) is 22.9. The largest absolute Gasteiger partial charge is 0.456 e. The van der Waals surface area contributed by atoms with Crippen molar-refractivity contribution in [1.82, 2.24) is 9.97 Å². The van der Waals surface area contributed by atoms with E-state index in [1.165, 1.54) is 33.0 Å². The van der Waals surface area contributed by atoms with Gasteiger partial charge in [0.25, 0.3) is 0 Å². The topological polar surface area (TPSA) is 52.1 Å². The summed E-state index contributed by atoms with van der Waals surface area (Å²) in [6.45, 7) is 4.69. The molecule has 0 N–H and O–H groups in total. The number of aromatic nitrogens is 2. The van der Waals surface area contributed by atoms with E-state index in [1.54, 1.807) is 0 Å². The molecule has 13 aromatic rings. The first kappa shape index (κ1) is 37.7. The molecule has 0 saturated carbocycles. The molecule has 1 aliphatic carbocycles. The van der Waals surface area contributed by atoms with E-state index in [4.69, 9.17) is 18.8 Å². The Kier molecular flexibility index (Phi) is 8.00. The lowest BCUT2D eigenvalue weighted by atomic mass is 9.81. The molecule has 0 amide bonds. The van der Waals surface area contributed by atoms with E-state index in [9.17, 15) is 0 Å². The van der Waals surface area contributed by atoms with Crippen molar-refractivity contribution in [2.45, 2.75) is 19.3 Å². The molecule has 314 valence electrons. The molecule has 14 rings (SSSR count). The predicted octanol–water partition coefficient (Wildman–Crippen LogP) is 17.2. The van der Waals surface area contributed by atoms with Crippen LogP contribution in [-0.2, 0) is 5.41 Å². The number of hydrogen-bond donors (Lipinski definition) is 0. The van der Waals surface area contributed by atoms with Gasteiger partial charge in [-0.15, -0.1) is 0 Å². The van der Waals surface area contributed by atoms with Gasteiger partial charge in [-0.3, -0.25) is 0 Å². The quantitative estimate of drug-likeness (QED) is 0.173. The molecule has 0 aliphatic heterocycles. The molecule has 3 heterocycles. The van der Waals surface area contributed by atoms with Gasteiger partial charge in [-0.1, -0.05) is 159 Å². The van der Waals surface area contributed by atoms with E-state index in [2.05, 4.69) is 196 Å². The Labute approximate surface area is 386 Å². The van der Waals surface area contributed by atoms with Gasteiger partial charge in [0.05, 0.1) is 11.4 Å². The van der Waals surface area contributed by atoms with Gasteiger partial charge < -0.3 is 8.83 Å². The van der Waals surface area contributed by atoms with Crippen LogP contribution < -0.4 is 0 Å². The second-order valence-corrected chi connectivity index (χ2v) is 18.5. The average Bonchev–Trinajstić information content (AvgIpc) is 4.01. The fourth-order valence-corrected chi connectivity index (χ4v) is 10.9. The van der Waals surface area contributed by atoms with Crippen LogP contribution in [0, 0.1) is 0 Å². The van der Waals surface area contributed by atoms with Gasteiger partial charge in [0.15, 0.2) is 5.82 Å². The van der Waals surface area contributed by atoms with Gasteiger partial charge in [-0.05, 0) is 127 Å². The van der Waals surface area contributed by atoms with Crippen molar-refractivity contribution in [2.24, 2.45) is 0 Å². The van der Waals surface area contributed by atoms with Gasteiger partial charge in [0.1, 0.15) is 22.3 Å². The lowest BCUT2D eigenvalue weighted by Gasteiger charge is -2.22. The van der Waals surface area contributed by atoms with Crippen molar-refractivity contribution >= 4 is 65.4 Å². The summed E-state index contributed by atoms with van der Waals surface area (Å²) in [5.41, 5.74) is 18.0. The summed E-state index contributed by atoms with van der Waals surface area (Å²) in [6.07, 6.45) is 0. The van der Waals surface area contributed by atoms with Crippen LogP contribution in [0.3, 0.4) is 0 Å². The maximum absolute atomic E-state index is 6.50. The Morgan fingerprint density at radius 3 is 1.84 bits per heavy atom. The zero-order valence-electron chi connectivity index (χ0n) is 36.8. The molecule has 0 bridgehead atoms. The van der Waals surface area contributed by atoms with Gasteiger partial charge in [0, 0.05) is 43.7 Å².